The van der Waals surface area contributed by atoms with Crippen LogP contribution in [0.1, 0.15) is 20.8 Å². The van der Waals surface area contributed by atoms with Crippen LogP contribution in [0.4, 0.5) is 0 Å². The van der Waals surface area contributed by atoms with Crippen molar-refractivity contribution in [3.05, 3.63) is 0 Å². The van der Waals surface area contributed by atoms with E-state index in [1.165, 1.54) is 7.05 Å². The lowest BCUT2D eigenvalue weighted by atomic mass is 9.91. The minimum Gasteiger partial charge on any atom is -0.298 e. The van der Waals surface area contributed by atoms with E-state index in [0.717, 1.165) is 0 Å². The highest BCUT2D eigenvalue weighted by Gasteiger charge is 2.22. The molecule has 0 aromatic rings. The summed E-state index contributed by atoms with van der Waals surface area (Å²) in [5.74, 6) is -0.147. The molecule has 0 atom stereocenters. The van der Waals surface area contributed by atoms with Crippen LogP contribution in [0, 0.1) is 5.41 Å². The Bertz CT molecular complexity index is 277. The van der Waals surface area contributed by atoms with Gasteiger partial charge in [0.25, 0.3) is 10.2 Å². The fraction of sp³-hybridized carbons (Fsp3) is 0.857. The first kappa shape index (κ1) is 12.5. The van der Waals surface area contributed by atoms with E-state index in [2.05, 4.69) is 9.44 Å². The predicted octanol–water partition coefficient (Wildman–Crippen LogP) is -0.345. The molecule has 2 N–H and O–H groups in total. The summed E-state index contributed by atoms with van der Waals surface area (Å²) in [5.41, 5.74) is -0.518. The molecule has 0 unspecified atom stereocenters. The maximum atomic E-state index is 11.3. The normalized spacial score (nSPS) is 12.9. The van der Waals surface area contributed by atoms with E-state index in [4.69, 9.17) is 0 Å². The Labute approximate surface area is 79.1 Å². The minimum absolute atomic E-state index is 0.147. The van der Waals surface area contributed by atoms with E-state index in [0.29, 0.717) is 0 Å². The molecule has 0 aliphatic rings. The first-order chi connectivity index (χ1) is 5.69. The largest absolute Gasteiger partial charge is 0.298 e. The van der Waals surface area contributed by atoms with Crippen LogP contribution in [0.5, 0.6) is 0 Å². The molecule has 0 saturated heterocycles. The zero-order valence-electron chi connectivity index (χ0n) is 8.34. The molecule has 0 aliphatic heterocycles. The highest BCUT2D eigenvalue weighted by atomic mass is 32.2. The lowest BCUT2D eigenvalue weighted by Gasteiger charge is -2.16. The third-order valence-electron chi connectivity index (χ3n) is 1.53. The van der Waals surface area contributed by atoms with Crippen LogP contribution in [0.25, 0.3) is 0 Å². The van der Waals surface area contributed by atoms with Crippen LogP contribution in [-0.2, 0) is 15.0 Å². The Hall–Kier alpha value is -0.460. The highest BCUT2D eigenvalue weighted by Crippen LogP contribution is 2.13. The van der Waals surface area contributed by atoms with Gasteiger partial charge in [0.05, 0.1) is 6.54 Å². The summed E-state index contributed by atoms with van der Waals surface area (Å²) in [4.78, 5) is 11.3. The third-order valence-corrected chi connectivity index (χ3v) is 2.59. The Morgan fingerprint density at radius 2 is 1.77 bits per heavy atom. The zero-order valence-corrected chi connectivity index (χ0v) is 9.16. The van der Waals surface area contributed by atoms with Crippen LogP contribution in [0.2, 0.25) is 0 Å². The van der Waals surface area contributed by atoms with E-state index >= 15 is 0 Å². The van der Waals surface area contributed by atoms with E-state index in [1.807, 2.05) is 0 Å². The molecular weight excluding hydrogens is 192 g/mol. The molecule has 0 aliphatic carbocycles. The quantitative estimate of drug-likeness (QED) is 0.663. The molecular formula is C7H16N2O3S. The van der Waals surface area contributed by atoms with Gasteiger partial charge in [0, 0.05) is 12.5 Å². The van der Waals surface area contributed by atoms with Gasteiger partial charge < -0.3 is 0 Å². The lowest BCUT2D eigenvalue weighted by Crippen LogP contribution is -2.40. The maximum Gasteiger partial charge on any atom is 0.277 e. The van der Waals surface area contributed by atoms with E-state index in [-0.39, 0.29) is 12.3 Å². The number of carbonyl (C=O) groups excluding carboxylic acids is 1. The van der Waals surface area contributed by atoms with Crippen molar-refractivity contribution in [2.75, 3.05) is 13.6 Å². The van der Waals surface area contributed by atoms with Gasteiger partial charge in [0.15, 0.2) is 5.78 Å². The van der Waals surface area contributed by atoms with Crippen LogP contribution in [-0.4, -0.2) is 27.8 Å². The van der Waals surface area contributed by atoms with Gasteiger partial charge in [-0.1, -0.05) is 20.8 Å². The first-order valence-corrected chi connectivity index (χ1v) is 5.39. The Morgan fingerprint density at radius 3 is 2.08 bits per heavy atom. The fourth-order valence-corrected chi connectivity index (χ4v) is 0.963. The third kappa shape index (κ3) is 4.97. The molecule has 0 amide bonds. The first-order valence-electron chi connectivity index (χ1n) is 3.90. The van der Waals surface area contributed by atoms with Gasteiger partial charge in [-0.25, -0.2) is 4.72 Å². The molecule has 0 aromatic carbocycles. The predicted molar refractivity (Wildman–Crippen MR) is 50.4 cm³/mol. The molecule has 0 radical (unpaired) electrons. The smallest absolute Gasteiger partial charge is 0.277 e. The summed E-state index contributed by atoms with van der Waals surface area (Å²) in [6.07, 6.45) is 0. The van der Waals surface area contributed by atoms with Crippen LogP contribution in [0.15, 0.2) is 0 Å². The van der Waals surface area contributed by atoms with Crippen molar-refractivity contribution in [3.63, 3.8) is 0 Å². The maximum absolute atomic E-state index is 11.3. The summed E-state index contributed by atoms with van der Waals surface area (Å²) < 4.78 is 25.9. The fourth-order valence-electron chi connectivity index (χ4n) is 0.498. The summed E-state index contributed by atoms with van der Waals surface area (Å²) in [7, 11) is -2.21. The van der Waals surface area contributed by atoms with Crippen molar-refractivity contribution in [1.82, 2.24) is 9.44 Å². The van der Waals surface area contributed by atoms with Crippen molar-refractivity contribution in [2.45, 2.75) is 20.8 Å². The number of nitrogens with one attached hydrogen (secondary N) is 2. The molecule has 0 aromatic heterocycles. The summed E-state index contributed by atoms with van der Waals surface area (Å²) in [6.45, 7) is 5.04. The van der Waals surface area contributed by atoms with Crippen molar-refractivity contribution in [3.8, 4) is 0 Å². The van der Waals surface area contributed by atoms with E-state index in [9.17, 15) is 13.2 Å². The van der Waals surface area contributed by atoms with Gasteiger partial charge >= 0.3 is 0 Å². The molecule has 0 saturated carbocycles. The average molecular weight is 208 g/mol. The number of ketones is 1. The molecule has 5 nitrogen and oxygen atoms in total. The molecule has 0 bridgehead atoms. The SMILES string of the molecule is CNS(=O)(=O)NCC(=O)C(C)(C)C. The van der Waals surface area contributed by atoms with Crippen molar-refractivity contribution in [1.29, 1.82) is 0 Å². The number of hydrogen-bond acceptors (Lipinski definition) is 3. The summed E-state index contributed by atoms with van der Waals surface area (Å²) >= 11 is 0. The second-order valence-corrected chi connectivity index (χ2v) is 5.41. The van der Waals surface area contributed by atoms with Crippen LogP contribution in [0.3, 0.4) is 0 Å². The number of carbonyl (C=O) groups is 1. The van der Waals surface area contributed by atoms with Gasteiger partial charge in [-0.05, 0) is 0 Å². The number of Topliss-reactive ketones (excluding diaryl/α,β-unsaturated/α-hetero) is 1. The van der Waals surface area contributed by atoms with Crippen LogP contribution < -0.4 is 9.44 Å². The Morgan fingerprint density at radius 1 is 1.31 bits per heavy atom. The van der Waals surface area contributed by atoms with Crippen molar-refractivity contribution >= 4 is 16.0 Å². The topological polar surface area (TPSA) is 75.3 Å². The Balaban J connectivity index is 4.14. The number of rotatable bonds is 4. The molecule has 0 spiro atoms. The second kappa shape index (κ2) is 4.17. The second-order valence-electron chi connectivity index (χ2n) is 3.70. The molecule has 13 heavy (non-hydrogen) atoms. The average Bonchev–Trinajstić information content (AvgIpc) is 1.98. The van der Waals surface area contributed by atoms with Crippen molar-refractivity contribution in [2.24, 2.45) is 5.41 Å². The monoisotopic (exact) mass is 208 g/mol. The van der Waals surface area contributed by atoms with Gasteiger partial charge in [0.2, 0.25) is 0 Å². The van der Waals surface area contributed by atoms with Crippen molar-refractivity contribution < 1.29 is 13.2 Å². The van der Waals surface area contributed by atoms with Gasteiger partial charge in [-0.2, -0.15) is 13.1 Å². The van der Waals surface area contributed by atoms with E-state index < -0.39 is 15.6 Å². The standard InChI is InChI=1S/C7H16N2O3S/c1-7(2,3)6(10)5-9-13(11,12)8-4/h8-9H,5H2,1-4H3. The zero-order chi connectivity index (χ0) is 10.7. The van der Waals surface area contributed by atoms with E-state index in [1.54, 1.807) is 20.8 Å². The highest BCUT2D eigenvalue weighted by molar-refractivity contribution is 7.87. The Kier molecular flexibility index (Phi) is 4.02. The van der Waals surface area contributed by atoms with Gasteiger partial charge in [-0.15, -0.1) is 0 Å². The lowest BCUT2D eigenvalue weighted by molar-refractivity contribution is -0.125. The molecule has 6 heteroatoms. The summed E-state index contributed by atoms with van der Waals surface area (Å²) in [5, 5.41) is 0. The summed E-state index contributed by atoms with van der Waals surface area (Å²) in [6, 6.07) is 0. The molecule has 0 heterocycles. The number of hydrogen-bond donors (Lipinski definition) is 2. The van der Waals surface area contributed by atoms with Gasteiger partial charge in [-0.3, -0.25) is 4.79 Å². The molecule has 0 rings (SSSR count). The van der Waals surface area contributed by atoms with Gasteiger partial charge in [0.1, 0.15) is 0 Å². The molecule has 0 fully saturated rings. The molecule has 78 valence electrons. The minimum atomic E-state index is -3.50. The van der Waals surface area contributed by atoms with Crippen LogP contribution >= 0.6 is 0 Å².